The Morgan fingerprint density at radius 3 is 2.34 bits per heavy atom. The molecule has 10 nitrogen and oxygen atoms in total. The average molecular weight is 568 g/mol. The fourth-order valence-corrected chi connectivity index (χ4v) is 4.61. The third-order valence-corrected chi connectivity index (χ3v) is 6.64. The molecule has 1 aliphatic carbocycles. The number of esters is 1. The van der Waals surface area contributed by atoms with E-state index in [1.165, 1.54) is 17.0 Å². The van der Waals surface area contributed by atoms with Crippen molar-refractivity contribution in [3.63, 3.8) is 0 Å². The third kappa shape index (κ3) is 9.51. The second kappa shape index (κ2) is 14.5. The molecule has 41 heavy (non-hydrogen) atoms. The lowest BCUT2D eigenvalue weighted by Crippen LogP contribution is -2.58. The van der Waals surface area contributed by atoms with E-state index in [2.05, 4.69) is 10.6 Å². The molecule has 1 saturated carbocycles. The molecule has 0 heterocycles. The summed E-state index contributed by atoms with van der Waals surface area (Å²) in [6, 6.07) is 13.1. The number of phenolic OH excluding ortho intramolecular Hbond substituents is 1. The Morgan fingerprint density at radius 2 is 1.76 bits per heavy atom. The van der Waals surface area contributed by atoms with Gasteiger partial charge in [-0.05, 0) is 70.2 Å². The Balaban J connectivity index is 1.97. The molecule has 2 aromatic carbocycles. The Labute approximate surface area is 241 Å². The highest BCUT2D eigenvalue weighted by Gasteiger charge is 2.42. The highest BCUT2D eigenvalue weighted by molar-refractivity contribution is 5.92. The summed E-state index contributed by atoms with van der Waals surface area (Å²) in [4.78, 5) is 54.3. The van der Waals surface area contributed by atoms with Gasteiger partial charge in [0, 0.05) is 19.0 Å². The summed E-state index contributed by atoms with van der Waals surface area (Å²) < 4.78 is 10.4. The maximum absolute atomic E-state index is 14.4. The van der Waals surface area contributed by atoms with E-state index in [9.17, 15) is 24.3 Å². The van der Waals surface area contributed by atoms with Crippen molar-refractivity contribution in [2.45, 2.75) is 83.5 Å². The van der Waals surface area contributed by atoms with Gasteiger partial charge >= 0.3 is 12.1 Å². The average Bonchev–Trinajstić information content (AvgIpc) is 2.86. The first kappa shape index (κ1) is 31.4. The fraction of sp³-hybridized carbons (Fsp3) is 0.484. The Hall–Kier alpha value is -4.08. The lowest BCUT2D eigenvalue weighted by atomic mass is 9.87. The minimum absolute atomic E-state index is 0.0171. The molecule has 3 amide bonds. The molecule has 3 rings (SSSR count). The van der Waals surface area contributed by atoms with E-state index < -0.39 is 41.6 Å². The van der Waals surface area contributed by atoms with Crippen molar-refractivity contribution in [2.24, 2.45) is 0 Å². The zero-order chi connectivity index (χ0) is 30.0. The maximum atomic E-state index is 14.4. The van der Waals surface area contributed by atoms with Crippen LogP contribution in [0.4, 0.5) is 4.79 Å². The number of hydrogen-bond donors (Lipinski definition) is 3. The minimum Gasteiger partial charge on any atom is -0.508 e. The van der Waals surface area contributed by atoms with Gasteiger partial charge in [0.05, 0.1) is 13.0 Å². The molecule has 1 aliphatic rings. The molecule has 0 aromatic heterocycles. The van der Waals surface area contributed by atoms with Gasteiger partial charge in [-0.2, -0.15) is 0 Å². The van der Waals surface area contributed by atoms with Crippen LogP contribution in [0.1, 0.15) is 70.5 Å². The quantitative estimate of drug-likeness (QED) is 0.330. The maximum Gasteiger partial charge on any atom is 0.408 e. The molecule has 222 valence electrons. The highest BCUT2D eigenvalue weighted by Crippen LogP contribution is 2.35. The van der Waals surface area contributed by atoms with Gasteiger partial charge in [-0.15, -0.1) is 0 Å². The van der Waals surface area contributed by atoms with E-state index in [4.69, 9.17) is 9.47 Å². The first-order valence-electron chi connectivity index (χ1n) is 14.1. The number of carbonyl (C=O) groups excluding carboxylic acids is 4. The molecule has 1 fully saturated rings. The van der Waals surface area contributed by atoms with Crippen LogP contribution in [0.2, 0.25) is 0 Å². The van der Waals surface area contributed by atoms with Gasteiger partial charge in [0.15, 0.2) is 0 Å². The molecule has 2 atom stereocenters. The summed E-state index contributed by atoms with van der Waals surface area (Å²) in [5, 5.41) is 15.7. The van der Waals surface area contributed by atoms with Crippen LogP contribution < -0.4 is 10.6 Å². The van der Waals surface area contributed by atoms with Crippen molar-refractivity contribution in [1.82, 2.24) is 15.5 Å². The van der Waals surface area contributed by atoms with E-state index in [1.807, 2.05) is 30.3 Å². The molecule has 3 N–H and O–H groups in total. The number of rotatable bonds is 12. The van der Waals surface area contributed by atoms with Gasteiger partial charge in [-0.1, -0.05) is 42.5 Å². The Kier molecular flexibility index (Phi) is 11.1. The lowest BCUT2D eigenvalue weighted by molar-refractivity contribution is -0.148. The molecule has 2 aromatic rings. The molecular weight excluding hydrogens is 526 g/mol. The van der Waals surface area contributed by atoms with Crippen LogP contribution in [0, 0.1) is 0 Å². The lowest BCUT2D eigenvalue weighted by Gasteiger charge is -2.43. The summed E-state index contributed by atoms with van der Waals surface area (Å²) in [5.74, 6) is -1.45. The molecule has 0 aliphatic heterocycles. The summed E-state index contributed by atoms with van der Waals surface area (Å²) in [6.45, 7) is 7.16. The topological polar surface area (TPSA) is 134 Å². The molecule has 0 bridgehead atoms. The van der Waals surface area contributed by atoms with Crippen LogP contribution in [0.15, 0.2) is 54.6 Å². The third-order valence-electron chi connectivity index (χ3n) is 6.64. The first-order valence-corrected chi connectivity index (χ1v) is 14.1. The number of hydrogen-bond acceptors (Lipinski definition) is 7. The van der Waals surface area contributed by atoms with Crippen molar-refractivity contribution in [2.75, 3.05) is 13.2 Å². The molecular formula is C31H41N3O7. The van der Waals surface area contributed by atoms with Crippen molar-refractivity contribution in [3.8, 4) is 5.75 Å². The summed E-state index contributed by atoms with van der Waals surface area (Å²) >= 11 is 0. The smallest absolute Gasteiger partial charge is 0.408 e. The van der Waals surface area contributed by atoms with E-state index in [0.717, 1.165) is 12.0 Å². The molecule has 0 saturated heterocycles. The summed E-state index contributed by atoms with van der Waals surface area (Å²) in [6.07, 6.45) is 1.66. The number of alkyl carbamates (subject to hydrolysis) is 1. The number of aromatic hydroxyl groups is 1. The number of nitrogens with one attached hydrogen (secondary N) is 2. The van der Waals surface area contributed by atoms with E-state index in [0.29, 0.717) is 18.4 Å². The van der Waals surface area contributed by atoms with Crippen LogP contribution in [-0.4, -0.2) is 64.7 Å². The normalized spacial score (nSPS) is 14.6. The van der Waals surface area contributed by atoms with Gasteiger partial charge in [0.25, 0.3) is 0 Å². The van der Waals surface area contributed by atoms with Crippen molar-refractivity contribution in [1.29, 1.82) is 0 Å². The van der Waals surface area contributed by atoms with E-state index in [-0.39, 0.29) is 37.8 Å². The van der Waals surface area contributed by atoms with Gasteiger partial charge < -0.3 is 30.1 Å². The first-order chi connectivity index (χ1) is 19.5. The SMILES string of the molecule is CCOC(=O)CCNC(=O)C(c1cccc(O)c1)N(C(=O)C(Cc1ccccc1)NC(=O)OC(C)(C)C)C1CCC1. The number of benzene rings is 2. The van der Waals surface area contributed by atoms with Crippen LogP contribution >= 0.6 is 0 Å². The predicted octanol–water partition coefficient (Wildman–Crippen LogP) is 4.02. The fourth-order valence-electron chi connectivity index (χ4n) is 4.61. The van der Waals surface area contributed by atoms with Gasteiger partial charge in [-0.3, -0.25) is 14.4 Å². The van der Waals surface area contributed by atoms with E-state index in [1.54, 1.807) is 39.8 Å². The Bertz CT molecular complexity index is 1190. The van der Waals surface area contributed by atoms with Crippen molar-refractivity contribution < 1.29 is 33.8 Å². The van der Waals surface area contributed by atoms with Crippen molar-refractivity contribution >= 4 is 23.9 Å². The van der Waals surface area contributed by atoms with Crippen LogP contribution in [0.25, 0.3) is 0 Å². The summed E-state index contributed by atoms with van der Waals surface area (Å²) in [5.41, 5.74) is 0.457. The standard InChI is InChI=1S/C31H41N3O7/c1-5-40-26(36)17-18-32-28(37)27(22-13-9-16-24(35)20-22)34(23-14-10-15-23)29(38)25(19-21-11-7-6-8-12-21)33-30(39)41-31(2,3)4/h6-9,11-13,16,20,23,25,27,35H,5,10,14-15,17-19H2,1-4H3,(H,32,37)(H,33,39). The van der Waals surface area contributed by atoms with Gasteiger partial charge in [-0.25, -0.2) is 4.79 Å². The molecule has 2 unspecified atom stereocenters. The van der Waals surface area contributed by atoms with E-state index >= 15 is 0 Å². The number of ether oxygens (including phenoxy) is 2. The van der Waals surface area contributed by atoms with Crippen LogP contribution in [-0.2, 0) is 30.3 Å². The second-order valence-corrected chi connectivity index (χ2v) is 11.1. The number of amides is 3. The minimum atomic E-state index is -1.11. The zero-order valence-electron chi connectivity index (χ0n) is 24.2. The summed E-state index contributed by atoms with van der Waals surface area (Å²) in [7, 11) is 0. The largest absolute Gasteiger partial charge is 0.508 e. The monoisotopic (exact) mass is 567 g/mol. The molecule has 10 heteroatoms. The number of carbonyl (C=O) groups is 4. The molecule has 0 radical (unpaired) electrons. The van der Waals surface area contributed by atoms with Crippen LogP contribution in [0.3, 0.4) is 0 Å². The van der Waals surface area contributed by atoms with Gasteiger partial charge in [0.2, 0.25) is 11.8 Å². The predicted molar refractivity (Wildman–Crippen MR) is 153 cm³/mol. The zero-order valence-corrected chi connectivity index (χ0v) is 24.2. The number of nitrogens with zero attached hydrogens (tertiary/aromatic N) is 1. The second-order valence-electron chi connectivity index (χ2n) is 11.1. The van der Waals surface area contributed by atoms with Crippen molar-refractivity contribution in [3.05, 3.63) is 65.7 Å². The Morgan fingerprint density at radius 1 is 1.05 bits per heavy atom. The highest BCUT2D eigenvalue weighted by atomic mass is 16.6. The molecule has 0 spiro atoms. The van der Waals surface area contributed by atoms with Gasteiger partial charge in [0.1, 0.15) is 23.4 Å². The number of phenols is 1. The van der Waals surface area contributed by atoms with Crippen LogP contribution in [0.5, 0.6) is 5.75 Å².